The van der Waals surface area contributed by atoms with E-state index in [0.717, 1.165) is 33.5 Å². The minimum Gasteiger partial charge on any atom is -0.491 e. The van der Waals surface area contributed by atoms with Crippen molar-refractivity contribution < 1.29 is 27.1 Å². The van der Waals surface area contributed by atoms with Crippen LogP contribution in [0.15, 0.2) is 42.5 Å². The molecule has 0 aliphatic heterocycles. The third-order valence-corrected chi connectivity index (χ3v) is 6.20. The molecule has 0 radical (unpaired) electrons. The van der Waals surface area contributed by atoms with Crippen LogP contribution >= 0.6 is 23.6 Å². The van der Waals surface area contributed by atoms with E-state index in [1.807, 2.05) is 41.7 Å². The first-order valence-electron chi connectivity index (χ1n) is 9.70. The van der Waals surface area contributed by atoms with Gasteiger partial charge in [0.25, 0.3) is 5.91 Å². The molecule has 1 heterocycles. The highest BCUT2D eigenvalue weighted by Gasteiger charge is 2.30. The molecule has 34 heavy (non-hydrogen) atoms. The molecule has 0 unspecified atom stereocenters. The Kier molecular flexibility index (Phi) is 6.49. The van der Waals surface area contributed by atoms with Gasteiger partial charge in [-0.05, 0) is 42.9 Å². The third kappa shape index (κ3) is 4.31. The average molecular weight is 506 g/mol. The number of halogens is 4. The highest BCUT2D eigenvalue weighted by molar-refractivity contribution is 7.80. The minimum atomic E-state index is -1.90. The summed E-state index contributed by atoms with van der Waals surface area (Å²) in [7, 11) is 0.837. The van der Waals surface area contributed by atoms with Gasteiger partial charge in [0.1, 0.15) is 10.6 Å². The molecule has 1 amide bonds. The number of hydrogen-bond acceptors (Lipinski definition) is 5. The van der Waals surface area contributed by atoms with Crippen molar-refractivity contribution in [2.24, 2.45) is 0 Å². The van der Waals surface area contributed by atoms with Gasteiger partial charge in [-0.1, -0.05) is 24.3 Å². The lowest BCUT2D eigenvalue weighted by atomic mass is 10.1. The number of amides is 1. The number of para-hydroxylation sites is 1. The van der Waals surface area contributed by atoms with Crippen LogP contribution in [0.3, 0.4) is 0 Å². The number of aryl methyl sites for hydroxylation is 1. The Bertz CT molecular complexity index is 1390. The molecule has 11 heteroatoms. The first-order valence-corrected chi connectivity index (χ1v) is 10.9. The van der Waals surface area contributed by atoms with Gasteiger partial charge in [0.05, 0.1) is 17.3 Å². The summed E-state index contributed by atoms with van der Waals surface area (Å²) in [6, 6.07) is 13.1. The average Bonchev–Trinajstić information content (AvgIpc) is 3.24. The molecule has 4 rings (SSSR count). The highest BCUT2D eigenvalue weighted by Crippen LogP contribution is 2.33. The predicted octanol–water partition coefficient (Wildman–Crippen LogP) is 5.96. The number of methoxy groups -OCH3 is 1. The van der Waals surface area contributed by atoms with Crippen molar-refractivity contribution in [3.63, 3.8) is 0 Å². The summed E-state index contributed by atoms with van der Waals surface area (Å²) in [4.78, 5) is 17.0. The number of fused-ring (bicyclic) bond motifs is 1. The Labute approximate surface area is 200 Å². The molecule has 3 aromatic carbocycles. The van der Waals surface area contributed by atoms with Gasteiger partial charge in [0, 0.05) is 11.3 Å². The lowest BCUT2D eigenvalue weighted by Gasteiger charge is -2.14. The number of carbonyl (C=O) groups excluding carboxylic acids is 1. The summed E-state index contributed by atoms with van der Waals surface area (Å²) in [5, 5.41) is 5.23. The Morgan fingerprint density at radius 3 is 2.35 bits per heavy atom. The van der Waals surface area contributed by atoms with Gasteiger partial charge in [-0.3, -0.25) is 10.1 Å². The van der Waals surface area contributed by atoms with E-state index >= 15 is 0 Å². The van der Waals surface area contributed by atoms with Crippen LogP contribution in [0.1, 0.15) is 15.9 Å². The van der Waals surface area contributed by atoms with Crippen LogP contribution in [-0.2, 0) is 0 Å². The number of aromatic nitrogens is 1. The third-order valence-electron chi connectivity index (χ3n) is 4.91. The van der Waals surface area contributed by atoms with Crippen LogP contribution in [0, 0.1) is 30.2 Å². The fourth-order valence-corrected chi connectivity index (χ4v) is 4.36. The van der Waals surface area contributed by atoms with E-state index in [-0.39, 0.29) is 5.11 Å². The van der Waals surface area contributed by atoms with Gasteiger partial charge >= 0.3 is 0 Å². The van der Waals surface area contributed by atoms with Crippen molar-refractivity contribution >= 4 is 50.5 Å². The monoisotopic (exact) mass is 505 g/mol. The maximum Gasteiger partial charge on any atom is 0.263 e. The summed E-state index contributed by atoms with van der Waals surface area (Å²) in [5.74, 6) is -10.2. The van der Waals surface area contributed by atoms with Crippen molar-refractivity contribution in [2.75, 3.05) is 12.4 Å². The quantitative estimate of drug-likeness (QED) is 0.204. The smallest absolute Gasteiger partial charge is 0.263 e. The zero-order valence-electron chi connectivity index (χ0n) is 17.6. The Hall–Kier alpha value is -3.57. The standard InChI is InChI=1S/C23H15F4N3O2S2/c1-10-7-8-11(22-28-12-5-3-4-6-14(12)34-22)9-13(10)29-23(33)30-21(31)15-16(24)18(26)20(32-2)19(27)17(15)25/h3-9H,1-2H3,(H2,29,30,31,33). The molecule has 0 atom stereocenters. The molecule has 0 fully saturated rings. The SMILES string of the molecule is COc1c(F)c(F)c(C(=O)NC(=S)Nc2cc(-c3nc4ccccc4s3)ccc2C)c(F)c1F. The second-order valence-electron chi connectivity index (χ2n) is 7.09. The molecule has 0 spiro atoms. The van der Waals surface area contributed by atoms with Crippen LogP contribution in [0.5, 0.6) is 5.75 Å². The van der Waals surface area contributed by atoms with Gasteiger partial charge in [-0.25, -0.2) is 13.8 Å². The summed E-state index contributed by atoms with van der Waals surface area (Å²) >= 11 is 6.57. The van der Waals surface area contributed by atoms with E-state index in [9.17, 15) is 22.4 Å². The minimum absolute atomic E-state index is 0.329. The van der Waals surface area contributed by atoms with E-state index in [1.165, 1.54) is 11.3 Å². The summed E-state index contributed by atoms with van der Waals surface area (Å²) in [6.45, 7) is 1.78. The zero-order chi connectivity index (χ0) is 24.6. The molecule has 5 nitrogen and oxygen atoms in total. The molecule has 0 aliphatic carbocycles. The van der Waals surface area contributed by atoms with Gasteiger partial charge in [-0.2, -0.15) is 8.78 Å². The first kappa shape index (κ1) is 23.6. The number of benzene rings is 3. The lowest BCUT2D eigenvalue weighted by molar-refractivity contribution is 0.0966. The number of thiocarbonyl (C=S) groups is 1. The number of nitrogens with one attached hydrogen (secondary N) is 2. The summed E-state index contributed by atoms with van der Waals surface area (Å²) in [5.41, 5.74) is 1.42. The fraction of sp³-hybridized carbons (Fsp3) is 0.0870. The molecule has 0 bridgehead atoms. The van der Waals surface area contributed by atoms with Crippen LogP contribution in [-0.4, -0.2) is 23.1 Å². The lowest BCUT2D eigenvalue weighted by Crippen LogP contribution is -2.35. The van der Waals surface area contributed by atoms with Crippen LogP contribution in [0.4, 0.5) is 23.2 Å². The predicted molar refractivity (Wildman–Crippen MR) is 126 cm³/mol. The Morgan fingerprint density at radius 1 is 1.03 bits per heavy atom. The van der Waals surface area contributed by atoms with E-state index < -0.39 is 40.5 Å². The Balaban J connectivity index is 1.57. The van der Waals surface area contributed by atoms with Crippen molar-refractivity contribution in [1.82, 2.24) is 10.3 Å². The molecule has 1 aromatic heterocycles. The van der Waals surface area contributed by atoms with Gasteiger partial charge in [0.2, 0.25) is 11.6 Å². The maximum atomic E-state index is 14.2. The number of carbonyl (C=O) groups is 1. The molecule has 174 valence electrons. The normalized spacial score (nSPS) is 10.9. The molecule has 0 saturated carbocycles. The van der Waals surface area contributed by atoms with Crippen LogP contribution in [0.2, 0.25) is 0 Å². The highest BCUT2D eigenvalue weighted by atomic mass is 32.1. The van der Waals surface area contributed by atoms with E-state index in [4.69, 9.17) is 12.2 Å². The Morgan fingerprint density at radius 2 is 1.71 bits per heavy atom. The van der Waals surface area contributed by atoms with Crippen LogP contribution in [0.25, 0.3) is 20.8 Å². The largest absolute Gasteiger partial charge is 0.491 e. The summed E-state index contributed by atoms with van der Waals surface area (Å²) < 4.78 is 61.6. The molecule has 0 saturated heterocycles. The van der Waals surface area contributed by atoms with E-state index in [0.29, 0.717) is 5.69 Å². The second-order valence-corrected chi connectivity index (χ2v) is 8.53. The van der Waals surface area contributed by atoms with E-state index in [1.54, 1.807) is 13.0 Å². The number of thiazole rings is 1. The molecule has 2 N–H and O–H groups in total. The van der Waals surface area contributed by atoms with Gasteiger partial charge in [-0.15, -0.1) is 11.3 Å². The molecular weight excluding hydrogens is 490 g/mol. The fourth-order valence-electron chi connectivity index (χ4n) is 3.19. The van der Waals surface area contributed by atoms with E-state index in [2.05, 4.69) is 15.0 Å². The number of hydrogen-bond donors (Lipinski definition) is 2. The van der Waals surface area contributed by atoms with Crippen molar-refractivity contribution in [2.45, 2.75) is 6.92 Å². The zero-order valence-corrected chi connectivity index (χ0v) is 19.3. The van der Waals surface area contributed by atoms with Crippen molar-refractivity contribution in [1.29, 1.82) is 0 Å². The first-order chi connectivity index (χ1) is 16.2. The van der Waals surface area contributed by atoms with Crippen LogP contribution < -0.4 is 15.4 Å². The number of rotatable bonds is 4. The molecular formula is C23H15F4N3O2S2. The van der Waals surface area contributed by atoms with Gasteiger partial charge < -0.3 is 10.1 Å². The summed E-state index contributed by atoms with van der Waals surface area (Å²) in [6.07, 6.45) is 0. The van der Waals surface area contributed by atoms with Crippen molar-refractivity contribution in [3.05, 3.63) is 76.9 Å². The second kappa shape index (κ2) is 9.35. The molecule has 4 aromatic rings. The maximum absolute atomic E-state index is 14.2. The number of anilines is 1. The van der Waals surface area contributed by atoms with Crippen molar-refractivity contribution in [3.8, 4) is 16.3 Å². The number of ether oxygens (including phenoxy) is 1. The topological polar surface area (TPSA) is 63.2 Å². The van der Waals surface area contributed by atoms with Gasteiger partial charge in [0.15, 0.2) is 22.5 Å². The molecule has 0 aliphatic rings. The number of nitrogens with zero attached hydrogens (tertiary/aromatic N) is 1.